The molecule has 47 heavy (non-hydrogen) atoms. The first-order valence-corrected chi connectivity index (χ1v) is 17.2. The minimum absolute atomic E-state index is 0.0293. The molecule has 12 nitrogen and oxygen atoms in total. The lowest BCUT2D eigenvalue weighted by atomic mass is 9.94. The lowest BCUT2D eigenvalue weighted by molar-refractivity contribution is -0.152. The van der Waals surface area contributed by atoms with Crippen LogP contribution < -0.4 is 5.32 Å². The number of carbonyl (C=O) groups excluding carboxylic acids is 4. The lowest BCUT2D eigenvalue weighted by Gasteiger charge is -2.45. The Morgan fingerprint density at radius 3 is 2.43 bits per heavy atom. The molecule has 4 atom stereocenters. The van der Waals surface area contributed by atoms with Gasteiger partial charge in [0.25, 0.3) is 5.91 Å². The molecule has 4 N–H and O–H groups in total. The van der Waals surface area contributed by atoms with E-state index in [1.807, 2.05) is 35.2 Å². The van der Waals surface area contributed by atoms with E-state index in [9.17, 15) is 32.5 Å². The smallest absolute Gasteiger partial charge is 0.351 e. The third kappa shape index (κ3) is 6.29. The molecule has 1 unspecified atom stereocenters. The van der Waals surface area contributed by atoms with Gasteiger partial charge in [-0.15, -0.1) is 0 Å². The Kier molecular flexibility index (Phi) is 8.71. The van der Waals surface area contributed by atoms with Crippen molar-refractivity contribution in [1.29, 1.82) is 0 Å². The molecule has 0 bridgehead atoms. The summed E-state index contributed by atoms with van der Waals surface area (Å²) in [4.78, 5) is 79.9. The average molecular weight is 672 g/mol. The average Bonchev–Trinajstić information content (AvgIpc) is 3.63. The summed E-state index contributed by atoms with van der Waals surface area (Å²) in [6.07, 6.45) is 3.11. The van der Waals surface area contributed by atoms with Gasteiger partial charge in [0.05, 0.1) is 0 Å². The molecule has 15 heteroatoms. The van der Waals surface area contributed by atoms with Crippen LogP contribution in [0.25, 0.3) is 10.9 Å². The van der Waals surface area contributed by atoms with Gasteiger partial charge < -0.3 is 34.8 Å². The SMILES string of the molecule is CC(=O)N1CC[C@H]2CC[C@@H](C(=O)N3CCC3Cc3ccccc3)N2C(=O)[C@@H](NC(=O)c2cc3cc(C(F)(F)P(=O)(O)O)ccc3[nH]2)C1. The summed E-state index contributed by atoms with van der Waals surface area (Å²) < 4.78 is 40.0. The van der Waals surface area contributed by atoms with Gasteiger partial charge in [-0.05, 0) is 55.9 Å². The predicted molar refractivity (Wildman–Crippen MR) is 166 cm³/mol. The molecular weight excluding hydrogens is 635 g/mol. The summed E-state index contributed by atoms with van der Waals surface area (Å²) in [6.45, 7) is 2.19. The van der Waals surface area contributed by atoms with E-state index in [4.69, 9.17) is 9.79 Å². The maximum absolute atomic E-state index is 14.3. The number of halogens is 2. The third-order valence-electron chi connectivity index (χ3n) is 9.55. The fourth-order valence-electron chi connectivity index (χ4n) is 6.88. The van der Waals surface area contributed by atoms with Gasteiger partial charge in [0.2, 0.25) is 17.7 Å². The van der Waals surface area contributed by atoms with Crippen molar-refractivity contribution in [2.75, 3.05) is 19.6 Å². The number of alkyl halides is 2. The molecule has 0 saturated carbocycles. The van der Waals surface area contributed by atoms with E-state index in [2.05, 4.69) is 10.3 Å². The minimum atomic E-state index is -5.80. The standard InChI is InChI=1S/C32H36F2N5O7P/c1-19(40)37-13-11-23-8-10-28(31(43)38-14-12-24(38)15-20-5-3-2-4-6-20)39(23)30(42)27(18-37)36-29(41)26-17-21-16-22(7-9-25(21)35-26)32(33,34)47(44,45)46/h2-7,9,16-17,23-24,27-28,35H,8,10-15,18H2,1H3,(H,36,41)(H2,44,45,46)/t23-,24?,27+,28+/m1/s1. The molecule has 0 radical (unpaired) electrons. The van der Waals surface area contributed by atoms with Crippen LogP contribution in [0.15, 0.2) is 54.6 Å². The molecule has 3 aliphatic rings. The topological polar surface area (TPSA) is 163 Å². The second-order valence-electron chi connectivity index (χ2n) is 12.5. The van der Waals surface area contributed by atoms with E-state index in [1.165, 1.54) is 24.0 Å². The molecule has 2 aromatic carbocycles. The highest BCUT2D eigenvalue weighted by molar-refractivity contribution is 7.52. The summed E-state index contributed by atoms with van der Waals surface area (Å²) in [5.74, 6) is -1.63. The van der Waals surface area contributed by atoms with Crippen molar-refractivity contribution in [1.82, 2.24) is 25.0 Å². The molecule has 3 saturated heterocycles. The number of carbonyl (C=O) groups is 4. The highest BCUT2D eigenvalue weighted by Crippen LogP contribution is 2.59. The number of hydrogen-bond acceptors (Lipinski definition) is 5. The first kappa shape index (κ1) is 32.8. The van der Waals surface area contributed by atoms with Crippen molar-refractivity contribution >= 4 is 42.1 Å². The first-order chi connectivity index (χ1) is 22.2. The van der Waals surface area contributed by atoms with E-state index >= 15 is 0 Å². The molecule has 6 rings (SSSR count). The fraction of sp³-hybridized carbons (Fsp3) is 0.438. The highest BCUT2D eigenvalue weighted by Gasteiger charge is 2.51. The van der Waals surface area contributed by atoms with Gasteiger partial charge in [0.1, 0.15) is 17.8 Å². The third-order valence-corrected chi connectivity index (χ3v) is 10.5. The Balaban J connectivity index is 1.22. The van der Waals surface area contributed by atoms with Crippen LogP contribution in [-0.4, -0.2) is 96.9 Å². The van der Waals surface area contributed by atoms with Gasteiger partial charge in [-0.2, -0.15) is 8.78 Å². The summed E-state index contributed by atoms with van der Waals surface area (Å²) in [7, 11) is -5.80. The van der Waals surface area contributed by atoms with Crippen molar-refractivity contribution in [2.45, 2.75) is 68.9 Å². The second kappa shape index (κ2) is 12.5. The molecule has 3 aromatic rings. The van der Waals surface area contributed by atoms with Gasteiger partial charge in [0, 0.05) is 55.1 Å². The van der Waals surface area contributed by atoms with Crippen molar-refractivity contribution < 1.29 is 42.3 Å². The van der Waals surface area contributed by atoms with Gasteiger partial charge in [0.15, 0.2) is 0 Å². The number of hydrogen-bond donors (Lipinski definition) is 4. The van der Waals surface area contributed by atoms with Crippen LogP contribution in [0, 0.1) is 0 Å². The summed E-state index contributed by atoms with van der Waals surface area (Å²) in [5.41, 5.74) is -4.06. The van der Waals surface area contributed by atoms with E-state index in [-0.39, 0.29) is 47.0 Å². The number of nitrogens with zero attached hydrogens (tertiary/aromatic N) is 3. The molecule has 3 fully saturated rings. The van der Waals surface area contributed by atoms with Crippen molar-refractivity contribution in [3.63, 3.8) is 0 Å². The molecule has 4 amide bonds. The normalized spacial score (nSPS) is 23.6. The first-order valence-electron chi connectivity index (χ1n) is 15.5. The number of fused-ring (bicyclic) bond motifs is 2. The molecule has 0 spiro atoms. The number of aromatic amines is 1. The number of benzene rings is 2. The molecule has 3 aliphatic heterocycles. The van der Waals surface area contributed by atoms with Crippen LogP contribution in [0.2, 0.25) is 0 Å². The number of rotatable bonds is 7. The van der Waals surface area contributed by atoms with Crippen molar-refractivity contribution in [2.24, 2.45) is 0 Å². The Bertz CT molecular complexity index is 1760. The van der Waals surface area contributed by atoms with Crippen molar-refractivity contribution in [3.8, 4) is 0 Å². The van der Waals surface area contributed by atoms with Crippen LogP contribution >= 0.6 is 7.60 Å². The monoisotopic (exact) mass is 671 g/mol. The van der Waals surface area contributed by atoms with Crippen LogP contribution in [0.4, 0.5) is 8.78 Å². The Morgan fingerprint density at radius 1 is 1.02 bits per heavy atom. The zero-order chi connectivity index (χ0) is 33.7. The molecule has 4 heterocycles. The molecule has 250 valence electrons. The number of H-pyrrole nitrogens is 1. The molecule has 1 aromatic heterocycles. The van der Waals surface area contributed by atoms with Gasteiger partial charge in [-0.3, -0.25) is 23.7 Å². The van der Waals surface area contributed by atoms with E-state index in [0.717, 1.165) is 24.1 Å². The van der Waals surface area contributed by atoms with Gasteiger partial charge in [-0.1, -0.05) is 36.4 Å². The maximum Gasteiger partial charge on any atom is 0.399 e. The summed E-state index contributed by atoms with van der Waals surface area (Å²) in [5, 5.41) is 2.78. The number of aromatic nitrogens is 1. The van der Waals surface area contributed by atoms with Crippen LogP contribution in [-0.2, 0) is 31.0 Å². The fourth-order valence-corrected chi connectivity index (χ4v) is 7.35. The second-order valence-corrected chi connectivity index (χ2v) is 14.2. The quantitative estimate of drug-likeness (QED) is 0.281. The van der Waals surface area contributed by atoms with E-state index in [0.29, 0.717) is 38.8 Å². The number of nitrogens with one attached hydrogen (secondary N) is 2. The van der Waals surface area contributed by atoms with Gasteiger partial charge >= 0.3 is 13.3 Å². The maximum atomic E-state index is 14.3. The highest BCUT2D eigenvalue weighted by atomic mass is 31.2. The molecular formula is C32H36F2N5O7P. The summed E-state index contributed by atoms with van der Waals surface area (Å²) >= 11 is 0. The molecule has 0 aliphatic carbocycles. The minimum Gasteiger partial charge on any atom is -0.351 e. The van der Waals surface area contributed by atoms with Crippen LogP contribution in [0.1, 0.15) is 54.2 Å². The van der Waals surface area contributed by atoms with E-state index < -0.39 is 42.7 Å². The zero-order valence-corrected chi connectivity index (χ0v) is 26.5. The zero-order valence-electron chi connectivity index (χ0n) is 25.6. The summed E-state index contributed by atoms with van der Waals surface area (Å²) in [6, 6.07) is 11.9. The van der Waals surface area contributed by atoms with Crippen LogP contribution in [0.3, 0.4) is 0 Å². The number of amides is 4. The van der Waals surface area contributed by atoms with Gasteiger partial charge in [-0.25, -0.2) is 0 Å². The van der Waals surface area contributed by atoms with Crippen molar-refractivity contribution in [3.05, 3.63) is 71.4 Å². The largest absolute Gasteiger partial charge is 0.399 e. The Hall–Kier alpha value is -4.13. The lowest BCUT2D eigenvalue weighted by Crippen LogP contribution is -2.63. The Labute approximate surface area is 269 Å². The Morgan fingerprint density at radius 2 is 1.77 bits per heavy atom. The van der Waals surface area contributed by atoms with E-state index in [1.54, 1.807) is 4.90 Å². The van der Waals surface area contributed by atoms with Crippen LogP contribution in [0.5, 0.6) is 0 Å². The predicted octanol–water partition coefficient (Wildman–Crippen LogP) is 2.95. The number of likely N-dealkylation sites (tertiary alicyclic amines) is 1.